The predicted octanol–water partition coefficient (Wildman–Crippen LogP) is 2.67. The molecule has 2 atom stereocenters. The van der Waals surface area contributed by atoms with Gasteiger partial charge in [0, 0.05) is 48.4 Å². The minimum Gasteiger partial charge on any atom is -0.364 e. The monoisotopic (exact) mass is 643 g/mol. The summed E-state index contributed by atoms with van der Waals surface area (Å²) in [6.45, 7) is 0. The van der Waals surface area contributed by atoms with E-state index in [-0.39, 0.29) is 0 Å². The highest BCUT2D eigenvalue weighted by molar-refractivity contribution is 7.03. The third-order valence-electron chi connectivity index (χ3n) is 8.21. The van der Waals surface area contributed by atoms with Crippen LogP contribution in [0.3, 0.4) is 0 Å². The minimum absolute atomic E-state index is 0.308. The van der Waals surface area contributed by atoms with Gasteiger partial charge >= 0.3 is 0 Å². The highest BCUT2D eigenvalue weighted by atomic mass is 32.1. The second-order valence-electron chi connectivity index (χ2n) is 10.4. The maximum atomic E-state index is 5.31. The van der Waals surface area contributed by atoms with Gasteiger partial charge in [-0.05, 0) is 53.1 Å². The van der Waals surface area contributed by atoms with E-state index >= 15 is 0 Å². The van der Waals surface area contributed by atoms with Crippen molar-refractivity contribution in [2.75, 3.05) is 10.0 Å². The van der Waals surface area contributed by atoms with Crippen molar-refractivity contribution in [3.05, 3.63) is 132 Å². The Morgan fingerprint density at radius 2 is 1.74 bits per heavy atom. The molecule has 0 aromatic carbocycles. The van der Waals surface area contributed by atoms with Crippen molar-refractivity contribution in [2.24, 2.45) is 0 Å². The van der Waals surface area contributed by atoms with Crippen LogP contribution in [0.4, 0.5) is 11.6 Å². The third-order valence-corrected chi connectivity index (χ3v) is 8.69. The summed E-state index contributed by atoms with van der Waals surface area (Å²) in [5.41, 5.74) is 2.75. The number of hydrogen-bond donors (Lipinski definition) is 5. The summed E-state index contributed by atoms with van der Waals surface area (Å²) < 4.78 is 10.3. The van der Waals surface area contributed by atoms with Crippen LogP contribution >= 0.6 is 11.5 Å². The van der Waals surface area contributed by atoms with Gasteiger partial charge in [-0.2, -0.15) is 30.0 Å². The van der Waals surface area contributed by atoms with E-state index in [1.807, 2.05) is 58.8 Å². The van der Waals surface area contributed by atoms with Crippen molar-refractivity contribution in [3.63, 3.8) is 0 Å². The summed E-state index contributed by atoms with van der Waals surface area (Å²) >= 11 is 1.21. The number of rotatable bonds is 8. The van der Waals surface area contributed by atoms with Gasteiger partial charge in [-0.25, -0.2) is 19.6 Å². The number of aromatic nitrogens is 15. The molecule has 8 aromatic rings. The molecule has 0 amide bonds. The van der Waals surface area contributed by atoms with Crippen LogP contribution in [0, 0.1) is 0 Å². The first-order chi connectivity index (χ1) is 23.3. The molecular formula is C28H21N17OS. The van der Waals surface area contributed by atoms with E-state index < -0.39 is 11.0 Å². The van der Waals surface area contributed by atoms with Gasteiger partial charge in [0.2, 0.25) is 5.82 Å². The number of H-pyrrole nitrogens is 5. The first-order valence-electron chi connectivity index (χ1n) is 14.1. The first-order valence-corrected chi connectivity index (χ1v) is 15.0. The molecule has 0 fully saturated rings. The second-order valence-corrected chi connectivity index (χ2v) is 11.0. The molecule has 9 heterocycles. The Kier molecular flexibility index (Phi) is 5.90. The smallest absolute Gasteiger partial charge is 0.213 e. The topological polar surface area (TPSA) is 227 Å². The van der Waals surface area contributed by atoms with Crippen molar-refractivity contribution < 1.29 is 4.63 Å². The molecule has 0 spiro atoms. The normalized spacial score (nSPS) is 19.9. The molecule has 0 saturated carbocycles. The molecule has 2 unspecified atom stereocenters. The number of nitrogens with one attached hydrogen (secondary N) is 5. The van der Waals surface area contributed by atoms with Gasteiger partial charge in [-0.15, -0.1) is 0 Å². The Balaban J connectivity index is 1.63. The number of anilines is 2. The first kappa shape index (κ1) is 26.6. The van der Waals surface area contributed by atoms with E-state index in [1.54, 1.807) is 42.7 Å². The van der Waals surface area contributed by atoms with Crippen molar-refractivity contribution in [2.45, 2.75) is 11.0 Å². The number of aromatic amines is 5. The average molecular weight is 644 g/mol. The van der Waals surface area contributed by atoms with Crippen LogP contribution in [0.2, 0.25) is 0 Å². The molecule has 19 heteroatoms. The fraction of sp³-hybridized carbons (Fsp3) is 0.0714. The van der Waals surface area contributed by atoms with Gasteiger partial charge in [-0.1, -0.05) is 5.16 Å². The molecule has 1 aliphatic rings. The SMILES string of the molecule is c1c[nH]c(N2C(c3ccn[nH]3)=C(c3cn[nH]n3)C(c3ncsn3)(c3ccc[nH]3)C(c3cnccn3)(c3ccn[nH]3)N2c2cnon2)c1. The Bertz CT molecular complexity index is 2160. The van der Waals surface area contributed by atoms with Crippen LogP contribution in [0.25, 0.3) is 11.3 Å². The van der Waals surface area contributed by atoms with Crippen molar-refractivity contribution in [1.29, 1.82) is 0 Å². The lowest BCUT2D eigenvalue weighted by Gasteiger charge is -2.60. The lowest BCUT2D eigenvalue weighted by molar-refractivity contribution is 0.288. The van der Waals surface area contributed by atoms with Crippen molar-refractivity contribution in [3.8, 4) is 0 Å². The van der Waals surface area contributed by atoms with E-state index in [0.29, 0.717) is 57.2 Å². The zero-order valence-electron chi connectivity index (χ0n) is 23.9. The molecule has 0 aliphatic carbocycles. The highest BCUT2D eigenvalue weighted by Crippen LogP contribution is 2.64. The molecule has 18 nitrogen and oxygen atoms in total. The molecule has 8 aromatic heterocycles. The molecule has 47 heavy (non-hydrogen) atoms. The predicted molar refractivity (Wildman–Crippen MR) is 165 cm³/mol. The van der Waals surface area contributed by atoms with Crippen LogP contribution < -0.4 is 10.0 Å². The molecule has 230 valence electrons. The van der Waals surface area contributed by atoms with Gasteiger partial charge in [0.15, 0.2) is 11.4 Å². The van der Waals surface area contributed by atoms with Crippen molar-refractivity contribution in [1.82, 2.24) is 75.4 Å². The van der Waals surface area contributed by atoms with Crippen LogP contribution in [0.15, 0.2) is 102 Å². The summed E-state index contributed by atoms with van der Waals surface area (Å²) in [6, 6.07) is 11.4. The Morgan fingerprint density at radius 3 is 2.40 bits per heavy atom. The molecule has 1 aliphatic heterocycles. The van der Waals surface area contributed by atoms with E-state index in [9.17, 15) is 0 Å². The van der Waals surface area contributed by atoms with Gasteiger partial charge in [0.05, 0.1) is 35.2 Å². The van der Waals surface area contributed by atoms with Gasteiger partial charge < -0.3 is 9.97 Å². The summed E-state index contributed by atoms with van der Waals surface area (Å²) in [6.07, 6.45) is 15.1. The van der Waals surface area contributed by atoms with Crippen molar-refractivity contribution >= 4 is 34.4 Å². The van der Waals surface area contributed by atoms with Crippen LogP contribution in [-0.2, 0) is 11.0 Å². The lowest BCUT2D eigenvalue weighted by Crippen LogP contribution is -2.71. The van der Waals surface area contributed by atoms with Gasteiger partial charge in [0.1, 0.15) is 28.6 Å². The Labute approximate surface area is 267 Å². The highest BCUT2D eigenvalue weighted by Gasteiger charge is 2.71. The Hall–Kier alpha value is -6.76. The molecule has 0 radical (unpaired) electrons. The fourth-order valence-corrected chi connectivity index (χ4v) is 7.15. The fourth-order valence-electron chi connectivity index (χ4n) is 6.67. The summed E-state index contributed by atoms with van der Waals surface area (Å²) in [5, 5.41) is 39.4. The summed E-state index contributed by atoms with van der Waals surface area (Å²) in [7, 11) is 0. The summed E-state index contributed by atoms with van der Waals surface area (Å²) in [5.74, 6) is 1.35. The average Bonchev–Trinajstić information content (AvgIpc) is 3.98. The minimum atomic E-state index is -1.54. The molecule has 9 rings (SSSR count). The zero-order valence-corrected chi connectivity index (χ0v) is 24.7. The maximum absolute atomic E-state index is 5.31. The maximum Gasteiger partial charge on any atom is 0.213 e. The molecular weight excluding hydrogens is 622 g/mol. The van der Waals surface area contributed by atoms with Crippen LogP contribution in [0.5, 0.6) is 0 Å². The standard InChI is InChI=1S/C28H21N17OS/c1-3-19(30-7-1)27(26-33-16-47-42-26)24(18-13-36-43-39-18)25(17-5-9-34-38-17)44(22-4-2-8-32-22)45(23-15-37-46-41-23)28(27,20-6-10-35-40-20)21-14-29-11-12-31-21/h1-16,30,32H,(H,34,38)(H,35,40)(H,36,39,43). The Morgan fingerprint density at radius 1 is 0.830 bits per heavy atom. The second kappa shape index (κ2) is 10.4. The molecule has 5 N–H and O–H groups in total. The number of hydrazine groups is 1. The third kappa shape index (κ3) is 3.58. The largest absolute Gasteiger partial charge is 0.364 e. The number of hydrogen-bond acceptors (Lipinski definition) is 14. The van der Waals surface area contributed by atoms with E-state index in [1.165, 1.54) is 17.7 Å². The number of nitrogens with zero attached hydrogens (tertiary/aromatic N) is 12. The quantitative estimate of drug-likeness (QED) is 0.161. The summed E-state index contributed by atoms with van der Waals surface area (Å²) in [4.78, 5) is 21.4. The van der Waals surface area contributed by atoms with Gasteiger partial charge in [-0.3, -0.25) is 20.2 Å². The van der Waals surface area contributed by atoms with E-state index in [4.69, 9.17) is 24.1 Å². The van der Waals surface area contributed by atoms with Gasteiger partial charge in [0.25, 0.3) is 0 Å². The van der Waals surface area contributed by atoms with Crippen LogP contribution in [-0.4, -0.2) is 75.4 Å². The molecule has 0 bridgehead atoms. The molecule has 0 saturated heterocycles. The zero-order chi connectivity index (χ0) is 31.3. The van der Waals surface area contributed by atoms with E-state index in [2.05, 4.69) is 56.0 Å². The lowest BCUT2D eigenvalue weighted by atomic mass is 9.56. The van der Waals surface area contributed by atoms with E-state index in [0.717, 1.165) is 0 Å². The van der Waals surface area contributed by atoms with Crippen LogP contribution in [0.1, 0.15) is 34.3 Å².